The first-order valence-electron chi connectivity index (χ1n) is 9.38. The summed E-state index contributed by atoms with van der Waals surface area (Å²) >= 11 is 0. The van der Waals surface area contributed by atoms with E-state index in [0.717, 1.165) is 10.4 Å². The van der Waals surface area contributed by atoms with Crippen LogP contribution in [-0.2, 0) is 0 Å². The predicted molar refractivity (Wildman–Crippen MR) is 96.8 cm³/mol. The fourth-order valence-electron chi connectivity index (χ4n) is 2.74. The molecule has 0 aromatic rings. The molecule has 0 aliphatic carbocycles. The fraction of sp³-hybridized carbons (Fsp3) is 1.00. The van der Waals surface area contributed by atoms with Gasteiger partial charge in [0.25, 0.3) is 0 Å². The van der Waals surface area contributed by atoms with E-state index in [1.165, 1.54) is 77.5 Å². The minimum atomic E-state index is 0.854. The van der Waals surface area contributed by atoms with Crippen molar-refractivity contribution in [1.29, 1.82) is 0 Å². The van der Waals surface area contributed by atoms with Gasteiger partial charge in [0.05, 0.1) is 27.7 Å². The summed E-state index contributed by atoms with van der Waals surface area (Å²) in [5.41, 5.74) is 0. The molecule has 0 spiro atoms. The van der Waals surface area contributed by atoms with Gasteiger partial charge in [0.15, 0.2) is 0 Å². The van der Waals surface area contributed by atoms with E-state index < -0.39 is 0 Å². The van der Waals surface area contributed by atoms with Crippen molar-refractivity contribution >= 4 is 0 Å². The van der Waals surface area contributed by atoms with Crippen LogP contribution in [0, 0.1) is 5.92 Å². The Labute approximate surface area is 135 Å². The highest BCUT2D eigenvalue weighted by molar-refractivity contribution is 4.60. The highest BCUT2D eigenvalue weighted by Crippen LogP contribution is 2.08. The van der Waals surface area contributed by atoms with Crippen LogP contribution in [0.4, 0.5) is 0 Å². The maximum absolute atomic E-state index is 2.73. The molecule has 2 heteroatoms. The Balaban J connectivity index is 3.80. The average Bonchev–Trinajstić information content (AvgIpc) is 2.36. The molecule has 0 aliphatic rings. The van der Waals surface area contributed by atoms with Gasteiger partial charge in [-0.3, -0.25) is 0 Å². The van der Waals surface area contributed by atoms with E-state index in [1.54, 1.807) is 0 Å². The summed E-state index contributed by atoms with van der Waals surface area (Å²) in [6.45, 7) is 12.2. The summed E-state index contributed by atoms with van der Waals surface area (Å²) in [6, 6.07) is 0. The second-order valence-corrected chi connectivity index (χ2v) is 8.16. The Morgan fingerprint density at radius 1 is 0.762 bits per heavy atom. The van der Waals surface area contributed by atoms with Gasteiger partial charge in [0.1, 0.15) is 0 Å². The molecule has 0 aromatic carbocycles. The van der Waals surface area contributed by atoms with Gasteiger partial charge < -0.3 is 9.38 Å². The third-order valence-electron chi connectivity index (χ3n) is 4.14. The lowest BCUT2D eigenvalue weighted by atomic mass is 10.1. The summed E-state index contributed by atoms with van der Waals surface area (Å²) < 4.78 is 1.11. The molecule has 0 saturated heterocycles. The zero-order chi connectivity index (χ0) is 16.1. The third kappa shape index (κ3) is 16.1. The van der Waals surface area contributed by atoms with Crippen LogP contribution in [0.5, 0.6) is 0 Å². The largest absolute Gasteiger partial charge is 0.331 e. The first kappa shape index (κ1) is 20.9. The third-order valence-corrected chi connectivity index (χ3v) is 4.14. The second-order valence-electron chi connectivity index (χ2n) is 8.16. The second kappa shape index (κ2) is 12.5. The molecule has 21 heavy (non-hydrogen) atoms. The predicted octanol–water partition coefficient (Wildman–Crippen LogP) is 4.79. The van der Waals surface area contributed by atoms with E-state index in [2.05, 4.69) is 46.8 Å². The number of hydrogen-bond donors (Lipinski definition) is 0. The lowest BCUT2D eigenvalue weighted by molar-refractivity contribution is -0.870. The maximum Gasteiger partial charge on any atom is 0.0780 e. The van der Waals surface area contributed by atoms with Gasteiger partial charge in [0.2, 0.25) is 0 Å². The number of quaternary nitrogens is 1. The molecule has 0 unspecified atom stereocenters. The molecule has 0 atom stereocenters. The highest BCUT2D eigenvalue weighted by Gasteiger charge is 2.08. The van der Waals surface area contributed by atoms with E-state index in [0.29, 0.717) is 0 Å². The summed E-state index contributed by atoms with van der Waals surface area (Å²) in [4.78, 5) is 2.73. The smallest absolute Gasteiger partial charge is 0.0780 e. The van der Waals surface area contributed by atoms with Crippen LogP contribution in [0.25, 0.3) is 0 Å². The molecule has 0 rings (SSSR count). The molecule has 0 amide bonds. The quantitative estimate of drug-likeness (QED) is 0.329. The van der Waals surface area contributed by atoms with Gasteiger partial charge >= 0.3 is 0 Å². The Morgan fingerprint density at radius 3 is 1.86 bits per heavy atom. The number of rotatable bonds is 14. The molecule has 0 aromatic heterocycles. The van der Waals surface area contributed by atoms with E-state index in [4.69, 9.17) is 0 Å². The lowest BCUT2D eigenvalue weighted by Crippen LogP contribution is -2.35. The topological polar surface area (TPSA) is 3.24 Å². The minimum Gasteiger partial charge on any atom is -0.331 e. The van der Waals surface area contributed by atoms with Crippen LogP contribution in [0.2, 0.25) is 0 Å². The summed E-state index contributed by atoms with van der Waals surface area (Å²) in [7, 11) is 6.88. The summed E-state index contributed by atoms with van der Waals surface area (Å²) in [5.74, 6) is 0.854. The number of unbranched alkanes of at least 4 members (excludes halogenated alkanes) is 4. The van der Waals surface area contributed by atoms with Gasteiger partial charge in [-0.25, -0.2) is 0 Å². The normalized spacial score (nSPS) is 12.6. The van der Waals surface area contributed by atoms with Crippen LogP contribution in [-0.4, -0.2) is 56.7 Å². The standard InChI is InChI=1S/C19H43N2/c1-7-8-10-15-20(17-13-14-19(2)3)16-11-9-12-18-21(4,5)6/h19H,7-18H2,1-6H3/q+1. The maximum atomic E-state index is 2.73. The van der Waals surface area contributed by atoms with Crippen molar-refractivity contribution < 1.29 is 4.48 Å². The van der Waals surface area contributed by atoms with Crippen molar-refractivity contribution in [2.75, 3.05) is 47.3 Å². The van der Waals surface area contributed by atoms with Crippen LogP contribution in [0.1, 0.15) is 72.1 Å². The zero-order valence-corrected chi connectivity index (χ0v) is 16.0. The summed E-state index contributed by atoms with van der Waals surface area (Å²) in [5, 5.41) is 0. The first-order valence-corrected chi connectivity index (χ1v) is 9.38. The Morgan fingerprint density at radius 2 is 1.33 bits per heavy atom. The fourth-order valence-corrected chi connectivity index (χ4v) is 2.74. The van der Waals surface area contributed by atoms with Crippen molar-refractivity contribution in [2.45, 2.75) is 72.1 Å². The van der Waals surface area contributed by atoms with E-state index in [9.17, 15) is 0 Å². The van der Waals surface area contributed by atoms with Crippen LogP contribution >= 0.6 is 0 Å². The molecular weight excluding hydrogens is 256 g/mol. The molecule has 2 nitrogen and oxygen atoms in total. The van der Waals surface area contributed by atoms with E-state index in [1.807, 2.05) is 0 Å². The van der Waals surface area contributed by atoms with Gasteiger partial charge in [0, 0.05) is 0 Å². The molecular formula is C19H43N2+. The summed E-state index contributed by atoms with van der Waals surface area (Å²) in [6.07, 6.45) is 11.0. The molecule has 128 valence electrons. The molecule has 0 heterocycles. The van der Waals surface area contributed by atoms with Gasteiger partial charge in [-0.05, 0) is 64.1 Å². The highest BCUT2D eigenvalue weighted by atomic mass is 15.3. The Hall–Kier alpha value is -0.0800. The van der Waals surface area contributed by atoms with Gasteiger partial charge in [-0.2, -0.15) is 0 Å². The molecule has 0 fully saturated rings. The number of hydrogen-bond acceptors (Lipinski definition) is 1. The molecule has 0 saturated carbocycles. The van der Waals surface area contributed by atoms with Crippen LogP contribution in [0.3, 0.4) is 0 Å². The van der Waals surface area contributed by atoms with Crippen molar-refractivity contribution in [3.63, 3.8) is 0 Å². The van der Waals surface area contributed by atoms with Crippen molar-refractivity contribution in [3.8, 4) is 0 Å². The minimum absolute atomic E-state index is 0.854. The van der Waals surface area contributed by atoms with Crippen molar-refractivity contribution in [2.24, 2.45) is 5.92 Å². The van der Waals surface area contributed by atoms with Gasteiger partial charge in [-0.15, -0.1) is 0 Å². The number of nitrogens with zero attached hydrogens (tertiary/aromatic N) is 2. The van der Waals surface area contributed by atoms with Crippen LogP contribution in [0.15, 0.2) is 0 Å². The van der Waals surface area contributed by atoms with Gasteiger partial charge in [-0.1, -0.05) is 33.6 Å². The Kier molecular flexibility index (Phi) is 12.4. The first-order chi connectivity index (χ1) is 9.85. The van der Waals surface area contributed by atoms with E-state index >= 15 is 0 Å². The average molecular weight is 300 g/mol. The molecule has 0 bridgehead atoms. The van der Waals surface area contributed by atoms with Crippen molar-refractivity contribution in [3.05, 3.63) is 0 Å². The SMILES string of the molecule is CCCCCN(CCCCC[N+](C)(C)C)CCCC(C)C. The zero-order valence-electron chi connectivity index (χ0n) is 16.0. The molecule has 0 aliphatic heterocycles. The van der Waals surface area contributed by atoms with E-state index in [-0.39, 0.29) is 0 Å². The lowest BCUT2D eigenvalue weighted by Gasteiger charge is -2.25. The van der Waals surface area contributed by atoms with Crippen molar-refractivity contribution in [1.82, 2.24) is 4.90 Å². The van der Waals surface area contributed by atoms with Crippen LogP contribution < -0.4 is 0 Å². The molecule has 0 radical (unpaired) electrons. The Bertz CT molecular complexity index is 218. The molecule has 0 N–H and O–H groups in total. The monoisotopic (exact) mass is 299 g/mol.